The summed E-state index contributed by atoms with van der Waals surface area (Å²) < 4.78 is 1.92. The maximum atomic E-state index is 11.2. The first-order valence-corrected chi connectivity index (χ1v) is 10.1. The molecular formula is C18H18N4O2S2. The van der Waals surface area contributed by atoms with E-state index in [0.717, 1.165) is 22.0 Å². The fraction of sp³-hybridized carbons (Fsp3) is 0.222. The molecule has 26 heavy (non-hydrogen) atoms. The van der Waals surface area contributed by atoms with Crippen LogP contribution >= 0.6 is 23.5 Å². The van der Waals surface area contributed by atoms with Gasteiger partial charge in [-0.1, -0.05) is 42.1 Å². The lowest BCUT2D eigenvalue weighted by molar-refractivity contribution is -0.479. The molecule has 0 fully saturated rings. The number of hydrogen-bond donors (Lipinski definition) is 0. The van der Waals surface area contributed by atoms with E-state index in [2.05, 4.69) is 10.2 Å². The van der Waals surface area contributed by atoms with E-state index < -0.39 is 0 Å². The van der Waals surface area contributed by atoms with Gasteiger partial charge in [-0.05, 0) is 43.0 Å². The molecule has 8 heteroatoms. The Hall–Kier alpha value is -2.32. The molecule has 0 aliphatic rings. The number of aryl methyl sites for hydroxylation is 1. The largest absolute Gasteiger partial charge is 0.274 e. The Bertz CT molecular complexity index is 882. The molecule has 0 spiro atoms. The Balaban J connectivity index is 1.94. The molecule has 1 aromatic heterocycles. The summed E-state index contributed by atoms with van der Waals surface area (Å²) in [6.45, 7) is 1.70. The standard InChI is InChI=1S/C18H18N4O2S2/c1-13-19-20-18(22(13)15-6-4-3-5-7-15)26-17(12-21(23)24)14-8-10-16(25-2)11-9-14/h3-11,17H,12H2,1-2H3/t17-/m0/s1. The van der Waals surface area contributed by atoms with Crippen LogP contribution in [0.25, 0.3) is 5.69 Å². The lowest BCUT2D eigenvalue weighted by atomic mass is 10.1. The quantitative estimate of drug-likeness (QED) is 0.340. The summed E-state index contributed by atoms with van der Waals surface area (Å²) in [4.78, 5) is 12.0. The van der Waals surface area contributed by atoms with Crippen molar-refractivity contribution in [3.8, 4) is 5.69 Å². The van der Waals surface area contributed by atoms with Gasteiger partial charge in [-0.3, -0.25) is 14.7 Å². The molecule has 0 aliphatic carbocycles. The molecular weight excluding hydrogens is 368 g/mol. The molecule has 0 saturated heterocycles. The van der Waals surface area contributed by atoms with Gasteiger partial charge in [0.2, 0.25) is 6.54 Å². The zero-order chi connectivity index (χ0) is 18.5. The molecule has 2 aromatic carbocycles. The number of nitrogens with zero attached hydrogens (tertiary/aromatic N) is 4. The minimum absolute atomic E-state index is 0.177. The van der Waals surface area contributed by atoms with E-state index in [1.165, 1.54) is 11.8 Å². The first-order chi connectivity index (χ1) is 12.6. The van der Waals surface area contributed by atoms with Gasteiger partial charge in [0.1, 0.15) is 11.1 Å². The molecule has 0 radical (unpaired) electrons. The van der Waals surface area contributed by atoms with Crippen LogP contribution in [0.3, 0.4) is 0 Å². The van der Waals surface area contributed by atoms with E-state index in [1.54, 1.807) is 11.8 Å². The predicted octanol–water partition coefficient (Wildman–Crippen LogP) is 4.41. The second kappa shape index (κ2) is 8.37. The fourth-order valence-electron chi connectivity index (χ4n) is 2.59. The summed E-state index contributed by atoms with van der Waals surface area (Å²) in [6.07, 6.45) is 2.00. The highest BCUT2D eigenvalue weighted by Crippen LogP contribution is 2.36. The van der Waals surface area contributed by atoms with E-state index in [0.29, 0.717) is 5.16 Å². The molecule has 134 valence electrons. The maximum absolute atomic E-state index is 11.2. The maximum Gasteiger partial charge on any atom is 0.220 e. The summed E-state index contributed by atoms with van der Waals surface area (Å²) >= 11 is 3.01. The number of benzene rings is 2. The van der Waals surface area contributed by atoms with Gasteiger partial charge in [0, 0.05) is 15.5 Å². The van der Waals surface area contributed by atoms with E-state index in [4.69, 9.17) is 0 Å². The second-order valence-electron chi connectivity index (χ2n) is 5.60. The molecule has 3 rings (SSSR count). The first-order valence-electron chi connectivity index (χ1n) is 7.98. The third-order valence-corrected chi connectivity index (χ3v) is 5.78. The molecule has 0 aliphatic heterocycles. The van der Waals surface area contributed by atoms with Crippen molar-refractivity contribution < 1.29 is 4.92 Å². The zero-order valence-corrected chi connectivity index (χ0v) is 16.0. The predicted molar refractivity (Wildman–Crippen MR) is 105 cm³/mol. The highest BCUT2D eigenvalue weighted by Gasteiger charge is 2.23. The number of rotatable bonds is 7. The number of hydrogen-bond acceptors (Lipinski definition) is 6. The first kappa shape index (κ1) is 18.5. The molecule has 0 amide bonds. The van der Waals surface area contributed by atoms with Gasteiger partial charge in [-0.2, -0.15) is 0 Å². The van der Waals surface area contributed by atoms with E-state index in [1.807, 2.05) is 72.3 Å². The van der Waals surface area contributed by atoms with Crippen LogP contribution < -0.4 is 0 Å². The van der Waals surface area contributed by atoms with Crippen LogP contribution in [0.4, 0.5) is 0 Å². The van der Waals surface area contributed by atoms with Gasteiger partial charge >= 0.3 is 0 Å². The Morgan fingerprint density at radius 1 is 1.12 bits per heavy atom. The lowest BCUT2D eigenvalue weighted by Gasteiger charge is -2.14. The number of nitro groups is 1. The van der Waals surface area contributed by atoms with E-state index >= 15 is 0 Å². The van der Waals surface area contributed by atoms with Crippen molar-refractivity contribution in [3.05, 3.63) is 76.1 Å². The van der Waals surface area contributed by atoms with Gasteiger partial charge in [0.05, 0.1) is 0 Å². The van der Waals surface area contributed by atoms with Crippen LogP contribution in [0.5, 0.6) is 0 Å². The Kier molecular flexibility index (Phi) is 5.95. The number of aromatic nitrogens is 3. The van der Waals surface area contributed by atoms with Crippen molar-refractivity contribution in [3.63, 3.8) is 0 Å². The van der Waals surface area contributed by atoms with Crippen LogP contribution in [0, 0.1) is 17.0 Å². The number of para-hydroxylation sites is 1. The third kappa shape index (κ3) is 4.25. The van der Waals surface area contributed by atoms with Crippen LogP contribution in [0.15, 0.2) is 64.6 Å². The highest BCUT2D eigenvalue weighted by molar-refractivity contribution is 7.99. The van der Waals surface area contributed by atoms with Crippen molar-refractivity contribution in [1.29, 1.82) is 0 Å². The minimum Gasteiger partial charge on any atom is -0.274 e. The monoisotopic (exact) mass is 386 g/mol. The molecule has 0 bridgehead atoms. The van der Waals surface area contributed by atoms with Gasteiger partial charge in [0.15, 0.2) is 5.16 Å². The third-order valence-electron chi connectivity index (χ3n) is 3.86. The summed E-state index contributed by atoms with van der Waals surface area (Å²) in [5, 5.41) is 19.9. The average Bonchev–Trinajstić information content (AvgIpc) is 3.02. The van der Waals surface area contributed by atoms with Gasteiger partial charge in [0.25, 0.3) is 0 Å². The minimum atomic E-state index is -0.341. The van der Waals surface area contributed by atoms with Gasteiger partial charge in [-0.15, -0.1) is 22.0 Å². The molecule has 0 saturated carbocycles. The van der Waals surface area contributed by atoms with E-state index in [-0.39, 0.29) is 16.7 Å². The SMILES string of the molecule is CSc1ccc([C@H](C[N+](=O)[O-])Sc2nnc(C)n2-c2ccccc2)cc1. The Labute approximate surface area is 160 Å². The molecule has 3 aromatic rings. The molecule has 1 atom stereocenters. The van der Waals surface area contributed by atoms with Crippen LogP contribution in [0.1, 0.15) is 16.6 Å². The summed E-state index contributed by atoms with van der Waals surface area (Å²) in [5.41, 5.74) is 1.85. The Morgan fingerprint density at radius 2 is 1.81 bits per heavy atom. The van der Waals surface area contributed by atoms with Crippen molar-refractivity contribution in [2.24, 2.45) is 0 Å². The van der Waals surface area contributed by atoms with Crippen molar-refractivity contribution in [2.75, 3.05) is 12.8 Å². The van der Waals surface area contributed by atoms with Crippen molar-refractivity contribution in [1.82, 2.24) is 14.8 Å². The summed E-state index contributed by atoms with van der Waals surface area (Å²) in [5.74, 6) is 0.747. The second-order valence-corrected chi connectivity index (χ2v) is 7.65. The highest BCUT2D eigenvalue weighted by atomic mass is 32.2. The van der Waals surface area contributed by atoms with Crippen molar-refractivity contribution >= 4 is 23.5 Å². The van der Waals surface area contributed by atoms with Gasteiger partial charge < -0.3 is 0 Å². The topological polar surface area (TPSA) is 73.8 Å². The number of thioether (sulfide) groups is 2. The Morgan fingerprint density at radius 3 is 2.42 bits per heavy atom. The van der Waals surface area contributed by atoms with E-state index in [9.17, 15) is 10.1 Å². The zero-order valence-electron chi connectivity index (χ0n) is 14.4. The smallest absolute Gasteiger partial charge is 0.220 e. The van der Waals surface area contributed by atoms with Crippen molar-refractivity contribution in [2.45, 2.75) is 22.2 Å². The molecule has 0 N–H and O–H groups in total. The molecule has 1 heterocycles. The molecule has 0 unspecified atom stereocenters. The normalized spacial score (nSPS) is 12.1. The molecule has 6 nitrogen and oxygen atoms in total. The summed E-state index contributed by atoms with van der Waals surface area (Å²) in [7, 11) is 0. The van der Waals surface area contributed by atoms with Crippen LogP contribution in [0.2, 0.25) is 0 Å². The van der Waals surface area contributed by atoms with Gasteiger partial charge in [-0.25, -0.2) is 0 Å². The van der Waals surface area contributed by atoms with Crippen LogP contribution in [-0.4, -0.2) is 32.5 Å². The average molecular weight is 387 g/mol. The van der Waals surface area contributed by atoms with Crippen LogP contribution in [-0.2, 0) is 0 Å². The fourth-order valence-corrected chi connectivity index (χ4v) is 4.17. The summed E-state index contributed by atoms with van der Waals surface area (Å²) in [6, 6.07) is 17.6. The lowest BCUT2D eigenvalue weighted by Crippen LogP contribution is -2.11.